The minimum atomic E-state index is -1.19. The van der Waals surface area contributed by atoms with Crippen molar-refractivity contribution in [3.63, 3.8) is 0 Å². The molecular weight excluding hydrogens is 260 g/mol. The van der Waals surface area contributed by atoms with Crippen molar-refractivity contribution in [3.05, 3.63) is 35.9 Å². The van der Waals surface area contributed by atoms with Crippen LogP contribution in [-0.4, -0.2) is 22.9 Å². The number of carboxylic acid groups (broad SMARTS) is 1. The van der Waals surface area contributed by atoms with Gasteiger partial charge in [0.1, 0.15) is 0 Å². The van der Waals surface area contributed by atoms with E-state index in [1.807, 2.05) is 6.92 Å². The third kappa shape index (κ3) is 4.93. The van der Waals surface area contributed by atoms with E-state index in [4.69, 9.17) is 5.11 Å². The van der Waals surface area contributed by atoms with Gasteiger partial charge in [0.05, 0.1) is 0 Å². The van der Waals surface area contributed by atoms with Gasteiger partial charge in [0, 0.05) is 30.5 Å². The molecule has 0 fully saturated rings. The van der Waals surface area contributed by atoms with Crippen molar-refractivity contribution in [1.29, 1.82) is 0 Å². The number of hydrogen-bond donors (Lipinski definition) is 3. The van der Waals surface area contributed by atoms with Gasteiger partial charge >= 0.3 is 5.97 Å². The topological polar surface area (TPSA) is 95.5 Å². The van der Waals surface area contributed by atoms with Crippen molar-refractivity contribution < 1.29 is 19.5 Å². The molecule has 1 aromatic rings. The number of carbonyl (C=O) groups is 3. The fourth-order valence-electron chi connectivity index (χ4n) is 1.60. The van der Waals surface area contributed by atoms with Crippen LogP contribution in [0.2, 0.25) is 0 Å². The van der Waals surface area contributed by atoms with Gasteiger partial charge in [0.2, 0.25) is 11.8 Å². The Morgan fingerprint density at radius 2 is 1.90 bits per heavy atom. The number of rotatable bonds is 5. The maximum Gasteiger partial charge on any atom is 0.328 e. The first-order valence-electron chi connectivity index (χ1n) is 6.05. The molecule has 20 heavy (non-hydrogen) atoms. The molecule has 1 rings (SSSR count). The van der Waals surface area contributed by atoms with Crippen LogP contribution < -0.4 is 10.6 Å². The zero-order chi connectivity index (χ0) is 15.1. The van der Waals surface area contributed by atoms with E-state index in [1.165, 1.54) is 6.92 Å². The summed E-state index contributed by atoms with van der Waals surface area (Å²) >= 11 is 0. The Bertz CT molecular complexity index is 564. The smallest absolute Gasteiger partial charge is 0.328 e. The summed E-state index contributed by atoms with van der Waals surface area (Å²) in [6.07, 6.45) is 2.39. The highest BCUT2D eigenvalue weighted by Gasteiger charge is 2.06. The molecule has 0 spiro atoms. The standard InChI is InChI=1S/C14H16N2O4/c1-3-10-4-5-11(15-9(2)17)8-12(10)16-13(18)6-7-14(19)20/h4-8H,3H2,1-2H3,(H,15,17)(H,16,18)(H,19,20)/b7-6-. The van der Waals surface area contributed by atoms with Gasteiger partial charge in [-0.05, 0) is 24.1 Å². The first-order chi connectivity index (χ1) is 9.42. The molecule has 0 atom stereocenters. The van der Waals surface area contributed by atoms with Crippen LogP contribution in [0.25, 0.3) is 0 Å². The normalized spacial score (nSPS) is 10.3. The van der Waals surface area contributed by atoms with Crippen LogP contribution >= 0.6 is 0 Å². The Morgan fingerprint density at radius 1 is 1.20 bits per heavy atom. The molecule has 0 aliphatic rings. The van der Waals surface area contributed by atoms with Gasteiger partial charge in [-0.25, -0.2) is 4.79 Å². The van der Waals surface area contributed by atoms with Gasteiger partial charge in [0.25, 0.3) is 0 Å². The maximum absolute atomic E-state index is 11.6. The summed E-state index contributed by atoms with van der Waals surface area (Å²) in [5, 5.41) is 13.7. The van der Waals surface area contributed by atoms with Crippen LogP contribution in [0.1, 0.15) is 19.4 Å². The number of anilines is 2. The molecule has 0 saturated heterocycles. The zero-order valence-electron chi connectivity index (χ0n) is 11.3. The molecular formula is C14H16N2O4. The number of carbonyl (C=O) groups excluding carboxylic acids is 2. The number of aliphatic carboxylic acids is 1. The van der Waals surface area contributed by atoms with Crippen LogP contribution in [0.3, 0.4) is 0 Å². The average molecular weight is 276 g/mol. The first-order valence-corrected chi connectivity index (χ1v) is 6.05. The van der Waals surface area contributed by atoms with Gasteiger partial charge in [0.15, 0.2) is 0 Å². The number of benzene rings is 1. The third-order valence-electron chi connectivity index (χ3n) is 2.45. The van der Waals surface area contributed by atoms with Crippen molar-refractivity contribution in [2.75, 3.05) is 10.6 Å². The highest BCUT2D eigenvalue weighted by molar-refractivity contribution is 6.03. The maximum atomic E-state index is 11.6. The summed E-state index contributed by atoms with van der Waals surface area (Å²) in [6.45, 7) is 3.32. The molecule has 1 aromatic carbocycles. The molecule has 106 valence electrons. The molecule has 2 amide bonds. The first kappa shape index (κ1) is 15.4. The minimum Gasteiger partial charge on any atom is -0.478 e. The zero-order valence-corrected chi connectivity index (χ0v) is 11.3. The number of hydrogen-bond acceptors (Lipinski definition) is 3. The fourth-order valence-corrected chi connectivity index (χ4v) is 1.60. The van der Waals surface area contributed by atoms with Crippen molar-refractivity contribution in [3.8, 4) is 0 Å². The van der Waals surface area contributed by atoms with E-state index < -0.39 is 11.9 Å². The number of nitrogens with one attached hydrogen (secondary N) is 2. The predicted octanol–water partition coefficient (Wildman–Crippen LogP) is 1.79. The summed E-state index contributed by atoms with van der Waals surface area (Å²) in [4.78, 5) is 32.9. The molecule has 0 unspecified atom stereocenters. The van der Waals surface area contributed by atoms with Gasteiger partial charge in [-0.3, -0.25) is 9.59 Å². The van der Waals surface area contributed by atoms with Crippen molar-refractivity contribution in [2.45, 2.75) is 20.3 Å². The molecule has 0 aliphatic carbocycles. The van der Waals surface area contributed by atoms with Crippen LogP contribution in [-0.2, 0) is 20.8 Å². The molecule has 0 saturated carbocycles. The summed E-state index contributed by atoms with van der Waals surface area (Å²) < 4.78 is 0. The van der Waals surface area contributed by atoms with Crippen LogP contribution in [0.15, 0.2) is 30.4 Å². The Kier molecular flexibility index (Phi) is 5.46. The Hall–Kier alpha value is -2.63. The lowest BCUT2D eigenvalue weighted by atomic mass is 10.1. The summed E-state index contributed by atoms with van der Waals surface area (Å²) in [7, 11) is 0. The molecule has 0 aromatic heterocycles. The number of aryl methyl sites for hydroxylation is 1. The van der Waals surface area contributed by atoms with E-state index in [0.717, 1.165) is 17.7 Å². The van der Waals surface area contributed by atoms with Gasteiger partial charge in [-0.2, -0.15) is 0 Å². The summed E-state index contributed by atoms with van der Waals surface area (Å²) in [6, 6.07) is 5.16. The second-order valence-electron chi connectivity index (χ2n) is 4.07. The monoisotopic (exact) mass is 276 g/mol. The largest absolute Gasteiger partial charge is 0.478 e. The molecule has 0 aliphatic heterocycles. The van der Waals surface area contributed by atoms with E-state index in [2.05, 4.69) is 10.6 Å². The van der Waals surface area contributed by atoms with E-state index in [9.17, 15) is 14.4 Å². The molecule has 6 nitrogen and oxygen atoms in total. The Labute approximate surface area is 116 Å². The summed E-state index contributed by atoms with van der Waals surface area (Å²) in [5.41, 5.74) is 1.99. The Morgan fingerprint density at radius 3 is 2.45 bits per heavy atom. The highest BCUT2D eigenvalue weighted by Crippen LogP contribution is 2.21. The van der Waals surface area contributed by atoms with Crippen molar-refractivity contribution >= 4 is 29.2 Å². The minimum absolute atomic E-state index is 0.211. The second kappa shape index (κ2) is 7.08. The van der Waals surface area contributed by atoms with E-state index in [0.29, 0.717) is 17.8 Å². The van der Waals surface area contributed by atoms with Gasteiger partial charge in [-0.15, -0.1) is 0 Å². The fraction of sp³-hybridized carbons (Fsp3) is 0.214. The molecule has 0 radical (unpaired) electrons. The lowest BCUT2D eigenvalue weighted by Crippen LogP contribution is -2.12. The molecule has 6 heteroatoms. The van der Waals surface area contributed by atoms with Crippen molar-refractivity contribution in [2.24, 2.45) is 0 Å². The lowest BCUT2D eigenvalue weighted by molar-refractivity contribution is -0.131. The third-order valence-corrected chi connectivity index (χ3v) is 2.45. The number of amides is 2. The second-order valence-corrected chi connectivity index (χ2v) is 4.07. The lowest BCUT2D eigenvalue weighted by Gasteiger charge is -2.11. The van der Waals surface area contributed by atoms with Gasteiger partial charge < -0.3 is 15.7 Å². The van der Waals surface area contributed by atoms with Crippen LogP contribution in [0.4, 0.5) is 11.4 Å². The number of carboxylic acids is 1. The molecule has 0 heterocycles. The van der Waals surface area contributed by atoms with Crippen LogP contribution in [0.5, 0.6) is 0 Å². The van der Waals surface area contributed by atoms with E-state index in [-0.39, 0.29) is 5.91 Å². The summed E-state index contributed by atoms with van der Waals surface area (Å²) in [5.74, 6) is -1.94. The molecule has 0 bridgehead atoms. The SMILES string of the molecule is CCc1ccc(NC(C)=O)cc1NC(=O)/C=C\C(=O)O. The quantitative estimate of drug-likeness (QED) is 0.714. The van der Waals surface area contributed by atoms with E-state index in [1.54, 1.807) is 18.2 Å². The predicted molar refractivity (Wildman–Crippen MR) is 75.5 cm³/mol. The molecule has 3 N–H and O–H groups in total. The van der Waals surface area contributed by atoms with Gasteiger partial charge in [-0.1, -0.05) is 13.0 Å². The average Bonchev–Trinajstić information content (AvgIpc) is 2.36. The highest BCUT2D eigenvalue weighted by atomic mass is 16.4. The van der Waals surface area contributed by atoms with E-state index >= 15 is 0 Å². The Balaban J connectivity index is 2.93. The van der Waals surface area contributed by atoms with Crippen LogP contribution in [0, 0.1) is 0 Å². The van der Waals surface area contributed by atoms with Crippen molar-refractivity contribution in [1.82, 2.24) is 0 Å².